The molecule has 1 heterocycles. The van der Waals surface area contributed by atoms with Crippen molar-refractivity contribution in [2.24, 2.45) is 0 Å². The highest BCUT2D eigenvalue weighted by Crippen LogP contribution is 2.36. The third-order valence-electron chi connectivity index (χ3n) is 3.97. The summed E-state index contributed by atoms with van der Waals surface area (Å²) in [6, 6.07) is 12.8. The van der Waals surface area contributed by atoms with Gasteiger partial charge in [-0.25, -0.2) is 4.98 Å². The normalized spacial score (nSPS) is 11.8. The lowest BCUT2D eigenvalue weighted by atomic mass is 10.0. The first-order valence-corrected chi connectivity index (χ1v) is 9.62. The second-order valence-corrected chi connectivity index (χ2v) is 7.54. The number of nitrogens with zero attached hydrogens (tertiary/aromatic N) is 1. The van der Waals surface area contributed by atoms with Crippen LogP contribution < -0.4 is 10.5 Å². The summed E-state index contributed by atoms with van der Waals surface area (Å²) in [5.74, 6) is -0.288. The SMILES string of the molecule is Nc1nccc(-c2cccc(C(F)(F)F)c2)c1NS(=O)(=O)C(=O)c1ccccc1. The van der Waals surface area contributed by atoms with E-state index >= 15 is 0 Å². The number of carbonyl (C=O) groups is 1. The van der Waals surface area contributed by atoms with E-state index in [1.165, 1.54) is 48.7 Å². The minimum atomic E-state index is -4.59. The van der Waals surface area contributed by atoms with E-state index in [4.69, 9.17) is 5.73 Å². The van der Waals surface area contributed by atoms with Crippen LogP contribution in [0.3, 0.4) is 0 Å². The number of hydrogen-bond donors (Lipinski definition) is 2. The number of nitrogens with one attached hydrogen (secondary N) is 1. The van der Waals surface area contributed by atoms with E-state index < -0.39 is 26.9 Å². The van der Waals surface area contributed by atoms with Gasteiger partial charge >= 0.3 is 16.2 Å². The highest BCUT2D eigenvalue weighted by Gasteiger charge is 2.31. The molecular formula is C19H14F3N3O3S. The fraction of sp³-hybridized carbons (Fsp3) is 0.0526. The Morgan fingerprint density at radius 3 is 2.34 bits per heavy atom. The molecule has 0 saturated carbocycles. The number of aromatic nitrogens is 1. The molecule has 0 fully saturated rings. The van der Waals surface area contributed by atoms with Crippen molar-refractivity contribution in [3.05, 3.63) is 78.0 Å². The predicted molar refractivity (Wildman–Crippen MR) is 102 cm³/mol. The standard InChI is InChI=1S/C19H14F3N3O3S/c20-19(21,22)14-8-4-7-13(11-14)15-9-10-24-17(23)16(15)25-29(27,28)18(26)12-5-2-1-3-6-12/h1-11,25H,(H2,23,24). The van der Waals surface area contributed by atoms with Gasteiger partial charge in [-0.3, -0.25) is 9.52 Å². The molecule has 150 valence electrons. The van der Waals surface area contributed by atoms with Crippen LogP contribution in [0.25, 0.3) is 11.1 Å². The first-order chi connectivity index (χ1) is 13.6. The molecule has 3 rings (SSSR count). The van der Waals surface area contributed by atoms with Crippen LogP contribution in [-0.4, -0.2) is 18.5 Å². The van der Waals surface area contributed by atoms with Gasteiger partial charge in [-0.15, -0.1) is 0 Å². The first kappa shape index (κ1) is 20.3. The largest absolute Gasteiger partial charge is 0.416 e. The number of pyridine rings is 1. The molecule has 10 heteroatoms. The Morgan fingerprint density at radius 1 is 1.00 bits per heavy atom. The summed E-state index contributed by atoms with van der Waals surface area (Å²) in [6.07, 6.45) is -3.36. The maximum atomic E-state index is 13.0. The highest BCUT2D eigenvalue weighted by molar-refractivity contribution is 8.07. The summed E-state index contributed by atoms with van der Waals surface area (Å²) in [6.45, 7) is 0. The maximum Gasteiger partial charge on any atom is 0.416 e. The maximum absolute atomic E-state index is 13.0. The first-order valence-electron chi connectivity index (χ1n) is 8.14. The molecule has 3 aromatic rings. The summed E-state index contributed by atoms with van der Waals surface area (Å²) in [4.78, 5) is 16.1. The fourth-order valence-electron chi connectivity index (χ4n) is 2.60. The summed E-state index contributed by atoms with van der Waals surface area (Å²) < 4.78 is 66.2. The van der Waals surface area contributed by atoms with E-state index in [1.54, 1.807) is 6.07 Å². The lowest BCUT2D eigenvalue weighted by molar-refractivity contribution is -0.137. The van der Waals surface area contributed by atoms with Crippen molar-refractivity contribution < 1.29 is 26.4 Å². The predicted octanol–water partition coefficient (Wildman–Crippen LogP) is 3.93. The number of nitrogen functional groups attached to an aromatic ring is 1. The molecule has 2 aromatic carbocycles. The third kappa shape index (κ3) is 4.37. The molecule has 0 bridgehead atoms. The topological polar surface area (TPSA) is 102 Å². The summed E-state index contributed by atoms with van der Waals surface area (Å²) in [7, 11) is -4.59. The number of anilines is 2. The number of alkyl halides is 3. The van der Waals surface area contributed by atoms with Crippen molar-refractivity contribution in [1.82, 2.24) is 4.98 Å². The van der Waals surface area contributed by atoms with Gasteiger partial charge in [0.1, 0.15) is 5.82 Å². The molecule has 29 heavy (non-hydrogen) atoms. The van der Waals surface area contributed by atoms with Gasteiger partial charge in [-0.1, -0.05) is 42.5 Å². The van der Waals surface area contributed by atoms with Gasteiger partial charge in [0.15, 0.2) is 0 Å². The summed E-state index contributed by atoms with van der Waals surface area (Å²) in [5.41, 5.74) is 4.58. The molecule has 3 N–H and O–H groups in total. The van der Waals surface area contributed by atoms with E-state index in [0.717, 1.165) is 12.1 Å². The Hall–Kier alpha value is -3.40. The molecule has 0 unspecified atom stereocenters. The number of carbonyl (C=O) groups excluding carboxylic acids is 1. The Morgan fingerprint density at radius 2 is 1.69 bits per heavy atom. The van der Waals surface area contributed by atoms with Crippen molar-refractivity contribution in [1.29, 1.82) is 0 Å². The molecule has 0 aliphatic heterocycles. The summed E-state index contributed by atoms with van der Waals surface area (Å²) in [5, 5.41) is -1.21. The molecule has 0 aliphatic rings. The van der Waals surface area contributed by atoms with Gasteiger partial charge < -0.3 is 5.73 Å². The second kappa shape index (κ2) is 7.55. The van der Waals surface area contributed by atoms with Gasteiger partial charge in [0.2, 0.25) is 0 Å². The zero-order valence-corrected chi connectivity index (χ0v) is 15.5. The molecule has 0 amide bonds. The highest BCUT2D eigenvalue weighted by atomic mass is 32.2. The van der Waals surface area contributed by atoms with Crippen molar-refractivity contribution >= 4 is 26.6 Å². The van der Waals surface area contributed by atoms with Gasteiger partial charge in [-0.2, -0.15) is 21.6 Å². The molecule has 0 saturated heterocycles. The Labute approximate surface area is 164 Å². The average Bonchev–Trinajstić information content (AvgIpc) is 2.69. The quantitative estimate of drug-likeness (QED) is 0.665. The Balaban J connectivity index is 2.05. The van der Waals surface area contributed by atoms with Gasteiger partial charge in [0.05, 0.1) is 11.3 Å². The number of hydrogen-bond acceptors (Lipinski definition) is 5. The molecule has 0 spiro atoms. The number of halogens is 3. The van der Waals surface area contributed by atoms with Gasteiger partial charge in [-0.05, 0) is 23.8 Å². The van der Waals surface area contributed by atoms with Crippen molar-refractivity contribution in [2.45, 2.75) is 6.18 Å². The number of sulfonamides is 1. The second-order valence-electron chi connectivity index (χ2n) is 5.96. The van der Waals surface area contributed by atoms with Crippen LogP contribution in [0.1, 0.15) is 15.9 Å². The number of nitrogens with two attached hydrogens (primary N) is 1. The van der Waals surface area contributed by atoms with Crippen LogP contribution in [0.4, 0.5) is 24.7 Å². The van der Waals surface area contributed by atoms with Crippen molar-refractivity contribution in [3.8, 4) is 11.1 Å². The Bertz CT molecular complexity index is 1160. The van der Waals surface area contributed by atoms with Crippen LogP contribution >= 0.6 is 0 Å². The molecule has 0 aliphatic carbocycles. The molecular weight excluding hydrogens is 407 g/mol. The van der Waals surface area contributed by atoms with Crippen molar-refractivity contribution in [2.75, 3.05) is 10.5 Å². The van der Waals surface area contributed by atoms with Crippen molar-refractivity contribution in [3.63, 3.8) is 0 Å². The molecule has 6 nitrogen and oxygen atoms in total. The zero-order chi connectivity index (χ0) is 21.2. The molecule has 1 aromatic heterocycles. The summed E-state index contributed by atoms with van der Waals surface area (Å²) >= 11 is 0. The monoisotopic (exact) mass is 421 g/mol. The molecule has 0 radical (unpaired) electrons. The lowest BCUT2D eigenvalue weighted by Gasteiger charge is -2.15. The van der Waals surface area contributed by atoms with E-state index in [-0.39, 0.29) is 28.2 Å². The van der Waals surface area contributed by atoms with Gasteiger partial charge in [0, 0.05) is 17.3 Å². The number of rotatable bonds is 4. The minimum absolute atomic E-state index is 0.0491. The fourth-order valence-corrected chi connectivity index (χ4v) is 3.62. The van der Waals surface area contributed by atoms with E-state index in [2.05, 4.69) is 9.71 Å². The van der Waals surface area contributed by atoms with Crippen LogP contribution in [0.5, 0.6) is 0 Å². The zero-order valence-electron chi connectivity index (χ0n) is 14.6. The van der Waals surface area contributed by atoms with Crippen LogP contribution in [0.2, 0.25) is 0 Å². The van der Waals surface area contributed by atoms with E-state index in [9.17, 15) is 26.4 Å². The number of benzene rings is 2. The van der Waals surface area contributed by atoms with Crippen LogP contribution in [0, 0.1) is 0 Å². The van der Waals surface area contributed by atoms with Gasteiger partial charge in [0.25, 0.3) is 5.12 Å². The third-order valence-corrected chi connectivity index (χ3v) is 5.17. The lowest BCUT2D eigenvalue weighted by Crippen LogP contribution is -2.24. The molecule has 0 atom stereocenters. The minimum Gasteiger partial charge on any atom is -0.382 e. The Kier molecular flexibility index (Phi) is 5.29. The van der Waals surface area contributed by atoms with E-state index in [0.29, 0.717) is 0 Å². The van der Waals surface area contributed by atoms with E-state index in [1.807, 2.05) is 0 Å². The van der Waals surface area contributed by atoms with Crippen LogP contribution in [0.15, 0.2) is 66.9 Å². The van der Waals surface area contributed by atoms with Crippen LogP contribution in [-0.2, 0) is 16.2 Å². The smallest absolute Gasteiger partial charge is 0.382 e. The average molecular weight is 421 g/mol.